The molecule has 4 aromatic rings. The van der Waals surface area contributed by atoms with E-state index < -0.39 is 24.9 Å². The minimum atomic E-state index is -4.50. The molecule has 2 aromatic heterocycles. The number of likely N-dealkylation sites (tertiary alicyclic amines) is 1. The summed E-state index contributed by atoms with van der Waals surface area (Å²) in [6.07, 6.45) is -2.68. The molecule has 3 heterocycles. The van der Waals surface area contributed by atoms with Crippen LogP contribution in [0.25, 0.3) is 22.0 Å². The Kier molecular flexibility index (Phi) is 8.81. The third-order valence-electron chi connectivity index (χ3n) is 7.26. The van der Waals surface area contributed by atoms with Gasteiger partial charge in [0.05, 0.1) is 17.8 Å². The van der Waals surface area contributed by atoms with Crippen molar-refractivity contribution in [2.45, 2.75) is 38.1 Å². The van der Waals surface area contributed by atoms with Gasteiger partial charge in [0.15, 0.2) is 6.10 Å². The van der Waals surface area contributed by atoms with Gasteiger partial charge in [0.25, 0.3) is 0 Å². The van der Waals surface area contributed by atoms with Crippen molar-refractivity contribution in [1.82, 2.24) is 19.9 Å². The van der Waals surface area contributed by atoms with E-state index in [-0.39, 0.29) is 11.9 Å². The molecule has 2 aromatic carbocycles. The van der Waals surface area contributed by atoms with E-state index in [1.165, 1.54) is 4.90 Å². The van der Waals surface area contributed by atoms with Gasteiger partial charge in [-0.3, -0.25) is 0 Å². The van der Waals surface area contributed by atoms with Crippen molar-refractivity contribution in [3.05, 3.63) is 66.5 Å². The number of aromatic nitrogens is 3. The van der Waals surface area contributed by atoms with Gasteiger partial charge < -0.3 is 30.1 Å². The molecule has 5 rings (SSSR count). The van der Waals surface area contributed by atoms with Gasteiger partial charge in [0.1, 0.15) is 5.75 Å². The summed E-state index contributed by atoms with van der Waals surface area (Å²) in [4.78, 5) is 26.2. The maximum absolute atomic E-state index is 13.2. The molecular formula is C30H31F3N6O4. The quantitative estimate of drug-likeness (QED) is 0.203. The second-order valence-corrected chi connectivity index (χ2v) is 10.2. The molecule has 43 heavy (non-hydrogen) atoms. The van der Waals surface area contributed by atoms with Gasteiger partial charge in [-0.2, -0.15) is 13.2 Å². The molecule has 1 fully saturated rings. The standard InChI is InChI=1S/C30H31F3N6O4/c1-18-10-11-20-21(7-3-9-23(20)36-16-25(42-2)30(31,32)33)26(18)43-27-22(8-4-13-34-27)24-12-14-35-28(38-24)37-19-6-5-15-39(17-19)29(40)41/h3-4,7-14,19,25,36H,5-6,15-17H2,1-2H3,(H,40,41)(H,35,37,38)/t19?,25-/m0/s1. The Morgan fingerprint density at radius 3 is 2.72 bits per heavy atom. The van der Waals surface area contributed by atoms with Gasteiger partial charge in [-0.05, 0) is 49.6 Å². The van der Waals surface area contributed by atoms with Crippen LogP contribution >= 0.6 is 0 Å². The average Bonchev–Trinajstić information content (AvgIpc) is 2.99. The van der Waals surface area contributed by atoms with Crippen molar-refractivity contribution in [2.24, 2.45) is 0 Å². The molecule has 2 atom stereocenters. The van der Waals surface area contributed by atoms with Crippen molar-refractivity contribution in [3.63, 3.8) is 0 Å². The second-order valence-electron chi connectivity index (χ2n) is 10.2. The van der Waals surface area contributed by atoms with E-state index in [0.717, 1.165) is 25.5 Å². The molecular weight excluding hydrogens is 565 g/mol. The largest absolute Gasteiger partial charge is 0.465 e. The number of nitrogens with zero attached hydrogens (tertiary/aromatic N) is 4. The van der Waals surface area contributed by atoms with E-state index in [9.17, 15) is 23.1 Å². The number of carboxylic acid groups (broad SMARTS) is 1. The third-order valence-corrected chi connectivity index (χ3v) is 7.26. The Morgan fingerprint density at radius 1 is 1.12 bits per heavy atom. The SMILES string of the molecule is CO[C@@H](CNc1cccc2c(Oc3ncccc3-c3ccnc(NC4CCCN(C(=O)O)C4)n3)c(C)ccc12)C(F)(F)F. The summed E-state index contributed by atoms with van der Waals surface area (Å²) >= 11 is 0. The zero-order valence-electron chi connectivity index (χ0n) is 23.6. The number of rotatable bonds is 9. The summed E-state index contributed by atoms with van der Waals surface area (Å²) in [5, 5.41) is 16.8. The summed E-state index contributed by atoms with van der Waals surface area (Å²) in [5.74, 6) is 1.14. The maximum Gasteiger partial charge on any atom is 0.416 e. The molecule has 0 saturated carbocycles. The first kappa shape index (κ1) is 29.8. The fraction of sp³-hybridized carbons (Fsp3) is 0.333. The molecule has 1 amide bonds. The highest BCUT2D eigenvalue weighted by molar-refractivity contribution is 5.98. The minimum absolute atomic E-state index is 0.124. The first-order valence-corrected chi connectivity index (χ1v) is 13.7. The number of pyridine rings is 1. The number of carbonyl (C=O) groups is 1. The van der Waals surface area contributed by atoms with E-state index in [1.54, 1.807) is 36.7 Å². The number of hydrogen-bond acceptors (Lipinski definition) is 8. The van der Waals surface area contributed by atoms with Crippen molar-refractivity contribution >= 4 is 28.5 Å². The Labute approximate surface area is 245 Å². The molecule has 0 bridgehead atoms. The topological polar surface area (TPSA) is 122 Å². The third kappa shape index (κ3) is 6.88. The first-order chi connectivity index (χ1) is 20.6. The number of anilines is 2. The number of nitrogens with one attached hydrogen (secondary N) is 2. The van der Waals surface area contributed by atoms with Crippen LogP contribution in [0.2, 0.25) is 0 Å². The molecule has 0 radical (unpaired) electrons. The van der Waals surface area contributed by atoms with Crippen molar-refractivity contribution in [3.8, 4) is 22.9 Å². The fourth-order valence-electron chi connectivity index (χ4n) is 5.06. The highest BCUT2D eigenvalue weighted by Gasteiger charge is 2.39. The van der Waals surface area contributed by atoms with E-state index >= 15 is 0 Å². The van der Waals surface area contributed by atoms with Gasteiger partial charge >= 0.3 is 12.3 Å². The van der Waals surface area contributed by atoms with E-state index in [0.29, 0.717) is 52.5 Å². The van der Waals surface area contributed by atoms with Crippen molar-refractivity contribution in [2.75, 3.05) is 37.4 Å². The lowest BCUT2D eigenvalue weighted by molar-refractivity contribution is -0.207. The van der Waals surface area contributed by atoms with Crippen molar-refractivity contribution in [1.29, 1.82) is 0 Å². The monoisotopic (exact) mass is 596 g/mol. The van der Waals surface area contributed by atoms with Crippen LogP contribution in [0.3, 0.4) is 0 Å². The van der Waals surface area contributed by atoms with Crippen LogP contribution in [0.15, 0.2) is 60.9 Å². The summed E-state index contributed by atoms with van der Waals surface area (Å²) in [7, 11) is 1.03. The van der Waals surface area contributed by atoms with Crippen LogP contribution in [0.4, 0.5) is 29.6 Å². The molecule has 13 heteroatoms. The predicted octanol–water partition coefficient (Wildman–Crippen LogP) is 6.34. The molecule has 10 nitrogen and oxygen atoms in total. The number of methoxy groups -OCH3 is 1. The molecule has 226 valence electrons. The molecule has 1 aliphatic heterocycles. The number of ether oxygens (including phenoxy) is 2. The second kappa shape index (κ2) is 12.7. The summed E-state index contributed by atoms with van der Waals surface area (Å²) in [6.45, 7) is 2.26. The highest BCUT2D eigenvalue weighted by Crippen LogP contribution is 2.39. The average molecular weight is 597 g/mol. The molecule has 0 aliphatic carbocycles. The van der Waals surface area contributed by atoms with E-state index in [4.69, 9.17) is 4.74 Å². The van der Waals surface area contributed by atoms with Crippen LogP contribution in [0.1, 0.15) is 18.4 Å². The Hall–Kier alpha value is -4.65. The lowest BCUT2D eigenvalue weighted by atomic mass is 10.0. The lowest BCUT2D eigenvalue weighted by Crippen LogP contribution is -2.44. The summed E-state index contributed by atoms with van der Waals surface area (Å²) in [6, 6.07) is 14.1. The normalized spacial score (nSPS) is 16.1. The number of benzene rings is 2. The van der Waals surface area contributed by atoms with E-state index in [1.807, 2.05) is 31.2 Å². The minimum Gasteiger partial charge on any atom is -0.465 e. The summed E-state index contributed by atoms with van der Waals surface area (Å²) in [5.41, 5.74) is 2.45. The predicted molar refractivity (Wildman–Crippen MR) is 156 cm³/mol. The van der Waals surface area contributed by atoms with Gasteiger partial charge in [-0.15, -0.1) is 0 Å². The fourth-order valence-corrected chi connectivity index (χ4v) is 5.06. The van der Waals surface area contributed by atoms with Gasteiger partial charge in [-0.1, -0.05) is 24.3 Å². The number of aryl methyl sites for hydroxylation is 1. The van der Waals surface area contributed by atoms with Crippen LogP contribution in [-0.2, 0) is 4.74 Å². The molecule has 1 unspecified atom stereocenters. The van der Waals surface area contributed by atoms with Gasteiger partial charge in [0, 0.05) is 55.1 Å². The zero-order chi connectivity index (χ0) is 30.6. The zero-order valence-corrected chi connectivity index (χ0v) is 23.6. The number of amides is 1. The highest BCUT2D eigenvalue weighted by atomic mass is 19.4. The molecule has 1 aliphatic rings. The molecule has 0 spiro atoms. The summed E-state index contributed by atoms with van der Waals surface area (Å²) < 4.78 is 50.7. The number of hydrogen-bond donors (Lipinski definition) is 3. The van der Waals surface area contributed by atoms with Gasteiger partial charge in [0.2, 0.25) is 11.8 Å². The Balaban J connectivity index is 1.41. The number of halogens is 3. The number of fused-ring (bicyclic) bond motifs is 1. The Morgan fingerprint density at radius 2 is 1.95 bits per heavy atom. The maximum atomic E-state index is 13.2. The Bertz CT molecular complexity index is 1600. The molecule has 1 saturated heterocycles. The number of alkyl halides is 3. The van der Waals surface area contributed by atoms with Gasteiger partial charge in [-0.25, -0.2) is 19.7 Å². The van der Waals surface area contributed by atoms with Crippen LogP contribution < -0.4 is 15.4 Å². The number of piperidine rings is 1. The first-order valence-electron chi connectivity index (χ1n) is 13.7. The lowest BCUT2D eigenvalue weighted by Gasteiger charge is -2.31. The molecule has 3 N–H and O–H groups in total. The van der Waals surface area contributed by atoms with Crippen LogP contribution in [0.5, 0.6) is 11.6 Å². The van der Waals surface area contributed by atoms with Crippen LogP contribution in [-0.4, -0.2) is 76.1 Å². The van der Waals surface area contributed by atoms with Crippen molar-refractivity contribution < 1.29 is 32.5 Å². The van der Waals surface area contributed by atoms with Crippen LogP contribution in [0, 0.1) is 6.92 Å². The van der Waals surface area contributed by atoms with E-state index in [2.05, 4.69) is 30.3 Å². The smallest absolute Gasteiger partial charge is 0.416 e.